The van der Waals surface area contributed by atoms with E-state index in [1.165, 1.54) is 0 Å². The number of ether oxygens (including phenoxy) is 2. The number of carbonyl (C=O) groups is 1. The minimum Gasteiger partial charge on any atom is -0.377 e. The topological polar surface area (TPSA) is 93.5 Å². The number of H-pyrrole nitrogens is 1. The van der Waals surface area contributed by atoms with E-state index in [1.807, 2.05) is 13.8 Å². The molecule has 0 spiro atoms. The summed E-state index contributed by atoms with van der Waals surface area (Å²) >= 11 is 0. The van der Waals surface area contributed by atoms with Crippen LogP contribution in [0.2, 0.25) is 0 Å². The molecule has 8 nitrogen and oxygen atoms in total. The van der Waals surface area contributed by atoms with E-state index in [-0.39, 0.29) is 24.2 Å². The van der Waals surface area contributed by atoms with Gasteiger partial charge in [0.1, 0.15) is 6.61 Å². The largest absolute Gasteiger partial charge is 0.377 e. The maximum Gasteiger partial charge on any atom is 0.276 e. The molecular formula is C15H20N4O4. The molecule has 1 fully saturated rings. The van der Waals surface area contributed by atoms with Crippen LogP contribution in [-0.2, 0) is 16.1 Å². The van der Waals surface area contributed by atoms with Gasteiger partial charge in [-0.05, 0) is 13.8 Å². The highest BCUT2D eigenvalue weighted by molar-refractivity contribution is 5.92. The normalized spacial score (nSPS) is 18.4. The third-order valence-corrected chi connectivity index (χ3v) is 3.97. The summed E-state index contributed by atoms with van der Waals surface area (Å²) < 4.78 is 15.7. The van der Waals surface area contributed by atoms with E-state index >= 15 is 0 Å². The van der Waals surface area contributed by atoms with Gasteiger partial charge in [0.15, 0.2) is 11.5 Å². The molecule has 1 N–H and O–H groups in total. The van der Waals surface area contributed by atoms with Gasteiger partial charge in [-0.1, -0.05) is 5.16 Å². The van der Waals surface area contributed by atoms with Crippen LogP contribution in [-0.4, -0.2) is 53.0 Å². The predicted octanol–water partition coefficient (Wildman–Crippen LogP) is 1.37. The lowest BCUT2D eigenvalue weighted by atomic mass is 10.0. The number of amides is 1. The number of methoxy groups -OCH3 is 1. The Bertz CT molecular complexity index is 674. The molecule has 1 saturated heterocycles. The van der Waals surface area contributed by atoms with Gasteiger partial charge in [-0.15, -0.1) is 0 Å². The number of aromatic amines is 1. The van der Waals surface area contributed by atoms with Crippen LogP contribution in [0.1, 0.15) is 39.2 Å². The van der Waals surface area contributed by atoms with Gasteiger partial charge in [0.25, 0.3) is 5.91 Å². The van der Waals surface area contributed by atoms with Gasteiger partial charge in [0, 0.05) is 31.0 Å². The van der Waals surface area contributed by atoms with E-state index in [2.05, 4.69) is 15.4 Å². The standard InChI is InChI=1S/C15H20N4O4/c1-9-14(10(2)17-16-9)13-8-22-5-4-19(13)15(20)12-6-11(7-21-3)23-18-12/h6,13H,4-5,7-8H2,1-3H3,(H,16,17). The van der Waals surface area contributed by atoms with Crippen LogP contribution < -0.4 is 0 Å². The van der Waals surface area contributed by atoms with Gasteiger partial charge in [0.05, 0.1) is 24.9 Å². The highest BCUT2D eigenvalue weighted by Crippen LogP contribution is 2.29. The van der Waals surface area contributed by atoms with Gasteiger partial charge in [-0.2, -0.15) is 5.10 Å². The molecule has 1 unspecified atom stereocenters. The van der Waals surface area contributed by atoms with Crippen LogP contribution in [0.15, 0.2) is 10.6 Å². The Morgan fingerprint density at radius 3 is 3.04 bits per heavy atom. The Morgan fingerprint density at radius 2 is 2.35 bits per heavy atom. The van der Waals surface area contributed by atoms with E-state index < -0.39 is 0 Å². The van der Waals surface area contributed by atoms with Crippen molar-refractivity contribution in [1.29, 1.82) is 0 Å². The SMILES string of the molecule is COCc1cc(C(=O)N2CCOCC2c2c(C)n[nH]c2C)no1. The van der Waals surface area contributed by atoms with Crippen LogP contribution in [0.25, 0.3) is 0 Å². The second kappa shape index (κ2) is 6.51. The molecule has 0 bridgehead atoms. The molecule has 2 aromatic rings. The number of hydrogen-bond acceptors (Lipinski definition) is 6. The van der Waals surface area contributed by atoms with Crippen LogP contribution in [0.5, 0.6) is 0 Å². The number of carbonyl (C=O) groups excluding carboxylic acids is 1. The average Bonchev–Trinajstić information content (AvgIpc) is 3.14. The predicted molar refractivity (Wildman–Crippen MR) is 79.9 cm³/mol. The number of nitrogens with zero attached hydrogens (tertiary/aromatic N) is 3. The maximum atomic E-state index is 12.8. The Labute approximate surface area is 133 Å². The van der Waals surface area contributed by atoms with Crippen molar-refractivity contribution in [1.82, 2.24) is 20.3 Å². The lowest BCUT2D eigenvalue weighted by Crippen LogP contribution is -2.43. The summed E-state index contributed by atoms with van der Waals surface area (Å²) in [4.78, 5) is 14.6. The first kappa shape index (κ1) is 15.7. The van der Waals surface area contributed by atoms with Crippen molar-refractivity contribution in [2.24, 2.45) is 0 Å². The number of hydrogen-bond donors (Lipinski definition) is 1. The first-order chi connectivity index (χ1) is 11.1. The van der Waals surface area contributed by atoms with Crippen molar-refractivity contribution in [2.45, 2.75) is 26.5 Å². The molecule has 1 aliphatic heterocycles. The smallest absolute Gasteiger partial charge is 0.276 e. The molecule has 0 saturated carbocycles. The molecule has 0 radical (unpaired) electrons. The zero-order valence-electron chi connectivity index (χ0n) is 13.5. The van der Waals surface area contributed by atoms with Crippen molar-refractivity contribution in [2.75, 3.05) is 26.9 Å². The Kier molecular flexibility index (Phi) is 4.44. The number of aryl methyl sites for hydroxylation is 2. The second-order valence-electron chi connectivity index (χ2n) is 5.55. The zero-order chi connectivity index (χ0) is 16.4. The third-order valence-electron chi connectivity index (χ3n) is 3.97. The molecule has 3 rings (SSSR count). The van der Waals surface area contributed by atoms with E-state index in [4.69, 9.17) is 14.0 Å². The van der Waals surface area contributed by atoms with Gasteiger partial charge in [-0.25, -0.2) is 0 Å². The number of rotatable bonds is 4. The fraction of sp³-hybridized carbons (Fsp3) is 0.533. The van der Waals surface area contributed by atoms with Crippen LogP contribution >= 0.6 is 0 Å². The molecule has 2 aromatic heterocycles. The Balaban J connectivity index is 1.87. The fourth-order valence-corrected chi connectivity index (χ4v) is 2.91. The summed E-state index contributed by atoms with van der Waals surface area (Å²) in [5.74, 6) is 0.348. The molecule has 1 amide bonds. The Hall–Kier alpha value is -2.19. The number of nitrogens with one attached hydrogen (secondary N) is 1. The van der Waals surface area contributed by atoms with Crippen molar-refractivity contribution < 1.29 is 18.8 Å². The van der Waals surface area contributed by atoms with Crippen molar-refractivity contribution >= 4 is 5.91 Å². The molecule has 0 aromatic carbocycles. The molecule has 1 atom stereocenters. The van der Waals surface area contributed by atoms with Crippen LogP contribution in [0, 0.1) is 13.8 Å². The molecule has 1 aliphatic rings. The fourth-order valence-electron chi connectivity index (χ4n) is 2.91. The summed E-state index contributed by atoms with van der Waals surface area (Å²) in [6.07, 6.45) is 0. The molecular weight excluding hydrogens is 300 g/mol. The third kappa shape index (κ3) is 2.99. The molecule has 0 aliphatic carbocycles. The molecule has 8 heteroatoms. The highest BCUT2D eigenvalue weighted by atomic mass is 16.5. The first-order valence-corrected chi connectivity index (χ1v) is 7.46. The molecule has 124 valence electrons. The summed E-state index contributed by atoms with van der Waals surface area (Å²) in [6.45, 7) is 5.59. The van der Waals surface area contributed by atoms with E-state index in [9.17, 15) is 4.79 Å². The summed E-state index contributed by atoms with van der Waals surface area (Å²) in [5.41, 5.74) is 3.09. The van der Waals surface area contributed by atoms with Gasteiger partial charge in [-0.3, -0.25) is 9.89 Å². The van der Waals surface area contributed by atoms with Gasteiger partial charge in [0.2, 0.25) is 0 Å². The lowest BCUT2D eigenvalue weighted by molar-refractivity contribution is -0.00352. The van der Waals surface area contributed by atoms with E-state index in [1.54, 1.807) is 18.1 Å². The number of morpholine rings is 1. The quantitative estimate of drug-likeness (QED) is 0.914. The highest BCUT2D eigenvalue weighted by Gasteiger charge is 2.33. The summed E-state index contributed by atoms with van der Waals surface area (Å²) in [6, 6.07) is 1.44. The van der Waals surface area contributed by atoms with Crippen molar-refractivity contribution in [3.63, 3.8) is 0 Å². The van der Waals surface area contributed by atoms with Gasteiger partial charge >= 0.3 is 0 Å². The summed E-state index contributed by atoms with van der Waals surface area (Å²) in [5, 5.41) is 11.0. The van der Waals surface area contributed by atoms with Gasteiger partial charge < -0.3 is 18.9 Å². The van der Waals surface area contributed by atoms with Crippen LogP contribution in [0.4, 0.5) is 0 Å². The Morgan fingerprint density at radius 1 is 1.52 bits per heavy atom. The van der Waals surface area contributed by atoms with Crippen LogP contribution in [0.3, 0.4) is 0 Å². The lowest BCUT2D eigenvalue weighted by Gasteiger charge is -2.35. The monoisotopic (exact) mass is 320 g/mol. The minimum atomic E-state index is -0.183. The van der Waals surface area contributed by atoms with E-state index in [0.29, 0.717) is 25.5 Å². The molecule has 3 heterocycles. The van der Waals surface area contributed by atoms with Crippen molar-refractivity contribution in [3.8, 4) is 0 Å². The number of aromatic nitrogens is 3. The maximum absolute atomic E-state index is 12.8. The minimum absolute atomic E-state index is 0.176. The first-order valence-electron chi connectivity index (χ1n) is 7.46. The zero-order valence-corrected chi connectivity index (χ0v) is 13.5. The second-order valence-corrected chi connectivity index (χ2v) is 5.55. The molecule has 23 heavy (non-hydrogen) atoms. The average molecular weight is 320 g/mol. The van der Waals surface area contributed by atoms with E-state index in [0.717, 1.165) is 17.0 Å². The summed E-state index contributed by atoms with van der Waals surface area (Å²) in [7, 11) is 1.56. The van der Waals surface area contributed by atoms with Crippen molar-refractivity contribution in [3.05, 3.63) is 34.5 Å².